The van der Waals surface area contributed by atoms with E-state index in [0.29, 0.717) is 18.1 Å². The number of nitrogens with two attached hydrogens (primary N) is 1. The van der Waals surface area contributed by atoms with Gasteiger partial charge in [-0.25, -0.2) is 4.39 Å². The first-order chi connectivity index (χ1) is 9.10. The number of hydrogen-bond donors (Lipinski definition) is 1. The number of halogens is 2. The molecule has 106 valence electrons. The predicted octanol–water partition coefficient (Wildman–Crippen LogP) is 2.07. The van der Waals surface area contributed by atoms with Gasteiger partial charge in [-0.15, -0.1) is 0 Å². The molecule has 1 aromatic carbocycles. The lowest BCUT2D eigenvalue weighted by molar-refractivity contribution is -0.0385. The molecule has 1 saturated heterocycles. The van der Waals surface area contributed by atoms with Gasteiger partial charge in [-0.1, -0.05) is 18.5 Å². The van der Waals surface area contributed by atoms with Crippen LogP contribution in [0.1, 0.15) is 12.5 Å². The van der Waals surface area contributed by atoms with Crippen LogP contribution in [0.15, 0.2) is 18.2 Å². The molecule has 1 fully saturated rings. The molecule has 5 heteroatoms. The zero-order chi connectivity index (χ0) is 13.8. The highest BCUT2D eigenvalue weighted by Crippen LogP contribution is 2.20. The number of nitrogens with zero attached hydrogens (tertiary/aromatic N) is 1. The van der Waals surface area contributed by atoms with Crippen molar-refractivity contribution in [2.45, 2.75) is 25.5 Å². The second kappa shape index (κ2) is 6.66. The number of benzene rings is 1. The fraction of sp³-hybridized carbons (Fsp3) is 0.571. The molecule has 0 aliphatic carbocycles. The van der Waals surface area contributed by atoms with Gasteiger partial charge in [0.25, 0.3) is 0 Å². The molecule has 2 unspecified atom stereocenters. The third-order valence-electron chi connectivity index (χ3n) is 3.57. The molecule has 1 aliphatic rings. The minimum Gasteiger partial charge on any atom is -0.374 e. The van der Waals surface area contributed by atoms with Gasteiger partial charge in [-0.3, -0.25) is 4.90 Å². The molecule has 0 spiro atoms. The van der Waals surface area contributed by atoms with Crippen molar-refractivity contribution in [2.75, 3.05) is 26.2 Å². The van der Waals surface area contributed by atoms with Gasteiger partial charge in [0.1, 0.15) is 5.82 Å². The molecule has 0 saturated carbocycles. The zero-order valence-electron chi connectivity index (χ0n) is 11.1. The third kappa shape index (κ3) is 3.89. The van der Waals surface area contributed by atoms with E-state index in [2.05, 4.69) is 11.8 Å². The van der Waals surface area contributed by atoms with Crippen LogP contribution in [0, 0.1) is 5.82 Å². The van der Waals surface area contributed by atoms with Gasteiger partial charge in [-0.2, -0.15) is 0 Å². The smallest absolute Gasteiger partial charge is 0.123 e. The highest BCUT2D eigenvalue weighted by atomic mass is 35.5. The van der Waals surface area contributed by atoms with Crippen LogP contribution in [0.2, 0.25) is 5.02 Å². The number of ether oxygens (including phenoxy) is 1. The van der Waals surface area contributed by atoms with Crippen molar-refractivity contribution in [3.8, 4) is 0 Å². The van der Waals surface area contributed by atoms with Gasteiger partial charge in [-0.05, 0) is 36.7 Å². The first-order valence-corrected chi connectivity index (χ1v) is 7.01. The Bertz CT molecular complexity index is 430. The summed E-state index contributed by atoms with van der Waals surface area (Å²) in [7, 11) is 0. The molecule has 2 N–H and O–H groups in total. The number of morpholine rings is 1. The van der Waals surface area contributed by atoms with Gasteiger partial charge in [0.2, 0.25) is 0 Å². The molecule has 0 amide bonds. The summed E-state index contributed by atoms with van der Waals surface area (Å²) >= 11 is 6.06. The van der Waals surface area contributed by atoms with Crippen LogP contribution in [0.3, 0.4) is 0 Å². The lowest BCUT2D eigenvalue weighted by atomic mass is 10.0. The predicted molar refractivity (Wildman–Crippen MR) is 74.9 cm³/mol. The SMILES string of the molecule is CCN1CCOC(C(N)Cc2cc(F)ccc2Cl)C1. The van der Waals surface area contributed by atoms with E-state index in [4.69, 9.17) is 22.1 Å². The molecule has 2 rings (SSSR count). The average Bonchev–Trinajstić information content (AvgIpc) is 2.43. The molecule has 2 atom stereocenters. The van der Waals surface area contributed by atoms with Gasteiger partial charge >= 0.3 is 0 Å². The molecule has 1 aromatic rings. The molecule has 3 nitrogen and oxygen atoms in total. The van der Waals surface area contributed by atoms with Crippen molar-refractivity contribution in [2.24, 2.45) is 5.73 Å². The van der Waals surface area contributed by atoms with Crippen molar-refractivity contribution in [1.29, 1.82) is 0 Å². The maximum Gasteiger partial charge on any atom is 0.123 e. The Labute approximate surface area is 118 Å². The van der Waals surface area contributed by atoms with E-state index in [1.165, 1.54) is 12.1 Å². The molecule has 19 heavy (non-hydrogen) atoms. The Balaban J connectivity index is 2.00. The third-order valence-corrected chi connectivity index (χ3v) is 3.93. The Kier molecular flexibility index (Phi) is 5.16. The largest absolute Gasteiger partial charge is 0.374 e. The van der Waals surface area contributed by atoms with Crippen LogP contribution in [-0.4, -0.2) is 43.3 Å². The van der Waals surface area contributed by atoms with E-state index in [1.54, 1.807) is 6.07 Å². The number of rotatable bonds is 4. The zero-order valence-corrected chi connectivity index (χ0v) is 11.9. The molecule has 0 bridgehead atoms. The van der Waals surface area contributed by atoms with Crippen LogP contribution in [0.4, 0.5) is 4.39 Å². The van der Waals surface area contributed by atoms with Crippen molar-refractivity contribution in [3.05, 3.63) is 34.6 Å². The van der Waals surface area contributed by atoms with Gasteiger partial charge < -0.3 is 10.5 Å². The summed E-state index contributed by atoms with van der Waals surface area (Å²) in [6, 6.07) is 4.20. The van der Waals surface area contributed by atoms with Crippen molar-refractivity contribution < 1.29 is 9.13 Å². The Morgan fingerprint density at radius 3 is 3.11 bits per heavy atom. The van der Waals surface area contributed by atoms with E-state index in [0.717, 1.165) is 25.2 Å². The first-order valence-electron chi connectivity index (χ1n) is 6.63. The maximum atomic E-state index is 13.2. The van der Waals surface area contributed by atoms with Gasteiger partial charge in [0.05, 0.1) is 12.7 Å². The molecular formula is C14H20ClFN2O. The van der Waals surface area contributed by atoms with E-state index in [-0.39, 0.29) is 18.0 Å². The quantitative estimate of drug-likeness (QED) is 0.921. The van der Waals surface area contributed by atoms with Gasteiger partial charge in [0, 0.05) is 24.2 Å². The summed E-state index contributed by atoms with van der Waals surface area (Å²) in [6.07, 6.45) is 0.506. The monoisotopic (exact) mass is 286 g/mol. The van der Waals surface area contributed by atoms with Crippen molar-refractivity contribution in [1.82, 2.24) is 4.90 Å². The van der Waals surface area contributed by atoms with E-state index < -0.39 is 0 Å². The van der Waals surface area contributed by atoms with Crippen LogP contribution < -0.4 is 5.73 Å². The Morgan fingerprint density at radius 1 is 1.58 bits per heavy atom. The molecule has 0 radical (unpaired) electrons. The highest BCUT2D eigenvalue weighted by molar-refractivity contribution is 6.31. The fourth-order valence-electron chi connectivity index (χ4n) is 2.36. The summed E-state index contributed by atoms with van der Waals surface area (Å²) in [5, 5.41) is 0.556. The summed E-state index contributed by atoms with van der Waals surface area (Å²) < 4.78 is 18.9. The summed E-state index contributed by atoms with van der Waals surface area (Å²) in [4.78, 5) is 2.31. The minimum absolute atomic E-state index is 0.0203. The summed E-state index contributed by atoms with van der Waals surface area (Å²) in [5.74, 6) is -0.286. The fourth-order valence-corrected chi connectivity index (χ4v) is 2.56. The molecule has 0 aromatic heterocycles. The first kappa shape index (κ1) is 14.7. The van der Waals surface area contributed by atoms with Crippen LogP contribution >= 0.6 is 11.6 Å². The second-order valence-electron chi connectivity index (χ2n) is 4.91. The standard InChI is InChI=1S/C14H20ClFN2O/c1-2-18-5-6-19-14(9-18)13(17)8-10-7-11(16)3-4-12(10)15/h3-4,7,13-14H,2,5-6,8-9,17H2,1H3. The van der Waals surface area contributed by atoms with E-state index in [9.17, 15) is 4.39 Å². The van der Waals surface area contributed by atoms with Gasteiger partial charge in [0.15, 0.2) is 0 Å². The highest BCUT2D eigenvalue weighted by Gasteiger charge is 2.25. The summed E-state index contributed by atoms with van der Waals surface area (Å²) in [6.45, 7) is 5.58. The number of hydrogen-bond acceptors (Lipinski definition) is 3. The van der Waals surface area contributed by atoms with E-state index in [1.807, 2.05) is 0 Å². The maximum absolute atomic E-state index is 13.2. The topological polar surface area (TPSA) is 38.5 Å². The minimum atomic E-state index is -0.286. The second-order valence-corrected chi connectivity index (χ2v) is 5.31. The van der Waals surface area contributed by atoms with Crippen LogP contribution in [0.5, 0.6) is 0 Å². The number of likely N-dealkylation sites (N-methyl/N-ethyl adjacent to an activating group) is 1. The molecular weight excluding hydrogens is 267 g/mol. The average molecular weight is 287 g/mol. The lowest BCUT2D eigenvalue weighted by Crippen LogP contribution is -2.51. The van der Waals surface area contributed by atoms with Crippen molar-refractivity contribution in [3.63, 3.8) is 0 Å². The van der Waals surface area contributed by atoms with E-state index >= 15 is 0 Å². The lowest BCUT2D eigenvalue weighted by Gasteiger charge is -2.35. The van der Waals surface area contributed by atoms with Crippen LogP contribution in [0.25, 0.3) is 0 Å². The normalized spacial score (nSPS) is 22.4. The Hall–Kier alpha value is -0.680. The summed E-state index contributed by atoms with van der Waals surface area (Å²) in [5.41, 5.74) is 6.93. The van der Waals surface area contributed by atoms with Crippen molar-refractivity contribution >= 4 is 11.6 Å². The Morgan fingerprint density at radius 2 is 2.37 bits per heavy atom. The molecule has 1 aliphatic heterocycles. The molecule has 1 heterocycles. The van der Waals surface area contributed by atoms with Crippen LogP contribution in [-0.2, 0) is 11.2 Å².